The molecule has 6 rings (SSSR count). The lowest BCUT2D eigenvalue weighted by Gasteiger charge is -2.29. The molecule has 0 spiro atoms. The maximum absolute atomic E-state index is 13.9. The van der Waals surface area contributed by atoms with Gasteiger partial charge in [0.15, 0.2) is 0 Å². The lowest BCUT2D eigenvalue weighted by molar-refractivity contribution is 0.0526. The molecule has 2 aliphatic heterocycles. The second kappa shape index (κ2) is 12.9. The van der Waals surface area contributed by atoms with E-state index in [1.165, 1.54) is 24.0 Å². The van der Waals surface area contributed by atoms with Crippen molar-refractivity contribution < 1.29 is 4.74 Å². The summed E-state index contributed by atoms with van der Waals surface area (Å²) in [5, 5.41) is 4.14. The van der Waals surface area contributed by atoms with Gasteiger partial charge in [-0.2, -0.15) is 4.98 Å². The molecule has 2 aromatic heterocycles. The topological polar surface area (TPSA) is 72.3 Å². The molecule has 0 radical (unpaired) electrons. The average Bonchev–Trinajstić information content (AvgIpc) is 3.03. The number of ether oxygens (including phenoxy) is 1. The Morgan fingerprint density at radius 3 is 2.55 bits per heavy atom. The van der Waals surface area contributed by atoms with Crippen molar-refractivity contribution in [3.8, 4) is 11.8 Å². The van der Waals surface area contributed by atoms with Crippen molar-refractivity contribution in [2.24, 2.45) is 0 Å². The molecular formula is C35H39N5O2. The number of nitrogens with one attached hydrogen (secondary N) is 1. The maximum Gasteiger partial charge on any atom is 0.268 e. The van der Waals surface area contributed by atoms with E-state index in [2.05, 4.69) is 77.4 Å². The van der Waals surface area contributed by atoms with Crippen molar-refractivity contribution in [3.63, 3.8) is 0 Å². The van der Waals surface area contributed by atoms with Crippen molar-refractivity contribution in [2.45, 2.75) is 64.0 Å². The summed E-state index contributed by atoms with van der Waals surface area (Å²) >= 11 is 0. The number of aromatic nitrogens is 3. The number of likely N-dealkylation sites (tertiary alicyclic amines) is 1. The van der Waals surface area contributed by atoms with Gasteiger partial charge in [-0.15, -0.1) is 0 Å². The summed E-state index contributed by atoms with van der Waals surface area (Å²) in [5.41, 5.74) is 5.49. The van der Waals surface area contributed by atoms with E-state index in [-0.39, 0.29) is 11.7 Å². The van der Waals surface area contributed by atoms with Crippen LogP contribution < -0.4 is 10.9 Å². The Kier molecular flexibility index (Phi) is 8.64. The number of nitrogens with zero attached hydrogens (tertiary/aromatic N) is 4. The summed E-state index contributed by atoms with van der Waals surface area (Å²) in [7, 11) is 2.19. The van der Waals surface area contributed by atoms with Crippen LogP contribution in [0, 0.1) is 11.8 Å². The monoisotopic (exact) mass is 561 g/mol. The van der Waals surface area contributed by atoms with Crippen LogP contribution in [0.3, 0.4) is 0 Å². The predicted molar refractivity (Wildman–Crippen MR) is 168 cm³/mol. The van der Waals surface area contributed by atoms with E-state index in [0.717, 1.165) is 62.0 Å². The van der Waals surface area contributed by atoms with Crippen molar-refractivity contribution in [3.05, 3.63) is 93.4 Å². The standard InChI is InChI=1S/C35H39N5O2/c1-3-25-8-4-5-9-29(25)24-40-33-30(22-28(34(40)41)13-16-32-10-6-7-21-42-32)23-36-35(38-33)37-31-14-11-26(12-15-31)27-17-19-39(2)20-18-27/h4-5,8-9,11-12,14-15,22-23,27,32H,3,6-7,10,17-21,24H2,1-2H3,(H,36,37,38). The predicted octanol–water partition coefficient (Wildman–Crippen LogP) is 5.88. The van der Waals surface area contributed by atoms with Crippen LogP contribution in [0.1, 0.15) is 67.2 Å². The zero-order valence-electron chi connectivity index (χ0n) is 24.6. The molecule has 0 bridgehead atoms. The molecule has 4 aromatic rings. The molecule has 0 saturated carbocycles. The van der Waals surface area contributed by atoms with Crippen LogP contribution in [-0.2, 0) is 17.7 Å². The Balaban J connectivity index is 1.33. The number of fused-ring (bicyclic) bond motifs is 1. The van der Waals surface area contributed by atoms with Crippen molar-refractivity contribution in [1.82, 2.24) is 19.4 Å². The third-order valence-electron chi connectivity index (χ3n) is 8.56. The molecule has 2 saturated heterocycles. The van der Waals surface area contributed by atoms with E-state index in [4.69, 9.17) is 9.72 Å². The molecule has 0 aliphatic carbocycles. The largest absolute Gasteiger partial charge is 0.366 e. The van der Waals surface area contributed by atoms with Gasteiger partial charge in [0, 0.05) is 23.9 Å². The highest BCUT2D eigenvalue weighted by molar-refractivity contribution is 5.77. The van der Waals surface area contributed by atoms with Crippen LogP contribution in [0.15, 0.2) is 65.6 Å². The van der Waals surface area contributed by atoms with E-state index in [1.54, 1.807) is 10.8 Å². The Labute approximate surface area is 248 Å². The lowest BCUT2D eigenvalue weighted by Crippen LogP contribution is -2.29. The molecule has 216 valence electrons. The van der Waals surface area contributed by atoms with Crippen LogP contribution in [-0.4, -0.2) is 52.3 Å². The first-order valence-electron chi connectivity index (χ1n) is 15.2. The summed E-state index contributed by atoms with van der Waals surface area (Å²) < 4.78 is 7.53. The van der Waals surface area contributed by atoms with E-state index < -0.39 is 0 Å². The Morgan fingerprint density at radius 1 is 1.02 bits per heavy atom. The molecule has 1 atom stereocenters. The van der Waals surface area contributed by atoms with E-state index in [9.17, 15) is 4.79 Å². The average molecular weight is 562 g/mol. The molecule has 4 heterocycles. The summed E-state index contributed by atoms with van der Waals surface area (Å²) in [5.74, 6) is 7.39. The van der Waals surface area contributed by atoms with Crippen LogP contribution >= 0.6 is 0 Å². The molecule has 42 heavy (non-hydrogen) atoms. The zero-order valence-corrected chi connectivity index (χ0v) is 24.6. The summed E-state index contributed by atoms with van der Waals surface area (Å²) in [6, 6.07) is 18.7. The third-order valence-corrected chi connectivity index (χ3v) is 8.56. The lowest BCUT2D eigenvalue weighted by atomic mass is 9.89. The summed E-state index contributed by atoms with van der Waals surface area (Å²) in [4.78, 5) is 25.7. The summed E-state index contributed by atoms with van der Waals surface area (Å²) in [6.45, 7) is 5.55. The summed E-state index contributed by atoms with van der Waals surface area (Å²) in [6.07, 6.45) is 7.98. The first-order valence-corrected chi connectivity index (χ1v) is 15.2. The maximum atomic E-state index is 13.9. The van der Waals surface area contributed by atoms with Gasteiger partial charge in [-0.05, 0) is 99.5 Å². The van der Waals surface area contributed by atoms with E-state index in [1.807, 2.05) is 18.2 Å². The van der Waals surface area contributed by atoms with E-state index >= 15 is 0 Å². The number of benzene rings is 2. The van der Waals surface area contributed by atoms with Crippen LogP contribution in [0.2, 0.25) is 0 Å². The molecule has 2 aromatic carbocycles. The fourth-order valence-corrected chi connectivity index (χ4v) is 6.00. The molecule has 1 N–H and O–H groups in total. The smallest absolute Gasteiger partial charge is 0.268 e. The van der Waals surface area contributed by atoms with Crippen molar-refractivity contribution in [2.75, 3.05) is 32.1 Å². The molecular weight excluding hydrogens is 522 g/mol. The minimum absolute atomic E-state index is 0.128. The first-order chi connectivity index (χ1) is 20.6. The number of anilines is 2. The van der Waals surface area contributed by atoms with Gasteiger partial charge < -0.3 is 15.0 Å². The van der Waals surface area contributed by atoms with Gasteiger partial charge in [0.1, 0.15) is 11.8 Å². The second-order valence-electron chi connectivity index (χ2n) is 11.5. The number of hydrogen-bond donors (Lipinski definition) is 1. The number of piperidine rings is 1. The SMILES string of the molecule is CCc1ccccc1Cn1c(=O)c(C#CC2CCCCO2)cc2cnc(Nc3ccc(C4CCN(C)CC4)cc3)nc21. The van der Waals surface area contributed by atoms with E-state index in [0.29, 0.717) is 29.6 Å². The van der Waals surface area contributed by atoms with Crippen LogP contribution in [0.4, 0.5) is 11.6 Å². The van der Waals surface area contributed by atoms with Crippen molar-refractivity contribution >= 4 is 22.7 Å². The fourth-order valence-electron chi connectivity index (χ4n) is 6.00. The molecule has 7 heteroatoms. The normalized spacial score (nSPS) is 18.0. The van der Waals surface area contributed by atoms with Gasteiger partial charge >= 0.3 is 0 Å². The number of rotatable bonds is 6. The second-order valence-corrected chi connectivity index (χ2v) is 11.5. The molecule has 2 fully saturated rings. The van der Waals surface area contributed by atoms with Gasteiger partial charge in [0.25, 0.3) is 5.56 Å². The van der Waals surface area contributed by atoms with Gasteiger partial charge in [-0.3, -0.25) is 9.36 Å². The van der Waals surface area contributed by atoms with Gasteiger partial charge in [0.05, 0.1) is 12.1 Å². The number of aryl methyl sites for hydroxylation is 1. The molecule has 2 aliphatic rings. The third kappa shape index (κ3) is 6.41. The highest BCUT2D eigenvalue weighted by Crippen LogP contribution is 2.29. The van der Waals surface area contributed by atoms with Gasteiger partial charge in [-0.1, -0.05) is 55.2 Å². The van der Waals surface area contributed by atoms with Crippen molar-refractivity contribution in [1.29, 1.82) is 0 Å². The highest BCUT2D eigenvalue weighted by Gasteiger charge is 2.19. The Bertz CT molecular complexity index is 1650. The quantitative estimate of drug-likeness (QED) is 0.297. The Hall–Kier alpha value is -3.99. The molecule has 7 nitrogen and oxygen atoms in total. The molecule has 0 amide bonds. The fraction of sp³-hybridized carbons (Fsp3) is 0.400. The van der Waals surface area contributed by atoms with Gasteiger partial charge in [-0.25, -0.2) is 4.98 Å². The molecule has 1 unspecified atom stereocenters. The number of hydrogen-bond acceptors (Lipinski definition) is 6. The minimum Gasteiger partial charge on any atom is -0.366 e. The van der Waals surface area contributed by atoms with Gasteiger partial charge in [0.2, 0.25) is 5.95 Å². The number of pyridine rings is 1. The Morgan fingerprint density at radius 2 is 1.81 bits per heavy atom. The minimum atomic E-state index is -0.149. The van der Waals surface area contributed by atoms with Crippen LogP contribution in [0.25, 0.3) is 11.0 Å². The highest BCUT2D eigenvalue weighted by atomic mass is 16.5. The van der Waals surface area contributed by atoms with Crippen LogP contribution in [0.5, 0.6) is 0 Å². The zero-order chi connectivity index (χ0) is 28.9. The first kappa shape index (κ1) is 28.1.